The van der Waals surface area contributed by atoms with Crippen molar-refractivity contribution in [1.29, 1.82) is 0 Å². The monoisotopic (exact) mass is 457 g/mol. The minimum atomic E-state index is -0.730. The van der Waals surface area contributed by atoms with Gasteiger partial charge in [0.1, 0.15) is 23.7 Å². The van der Waals surface area contributed by atoms with Gasteiger partial charge in [0.15, 0.2) is 11.6 Å². The smallest absolute Gasteiger partial charge is 0.239 e. The summed E-state index contributed by atoms with van der Waals surface area (Å²) in [6, 6.07) is 7.21. The molecule has 0 radical (unpaired) electrons. The van der Waals surface area contributed by atoms with E-state index in [1.807, 2.05) is 70.7 Å². The standard InChI is InChI=1S/C25H36FN5O2/c1-24(2,3)14-18(21(27)32)30-22-20(26)23(29-15-28-22)31-13-7-8-19(31)16-9-11-17(12-10-16)33-25(4,5)6/h9-12,15,18-19H,7-8,13-14H2,1-6H3,(H2,27,32)(H,28,29,30). The third-order valence-corrected chi connectivity index (χ3v) is 5.46. The zero-order chi connectivity index (χ0) is 24.4. The Kier molecular flexibility index (Phi) is 7.14. The molecule has 8 heteroatoms. The first kappa shape index (κ1) is 24.7. The highest BCUT2D eigenvalue weighted by molar-refractivity contribution is 5.82. The molecule has 1 amide bonds. The average molecular weight is 458 g/mol. The quantitative estimate of drug-likeness (QED) is 0.618. The maximum atomic E-state index is 15.5. The molecule has 0 saturated carbocycles. The summed E-state index contributed by atoms with van der Waals surface area (Å²) in [5, 5.41) is 2.91. The minimum Gasteiger partial charge on any atom is -0.488 e. The Bertz CT molecular complexity index is 966. The molecule has 1 fully saturated rings. The molecule has 0 aliphatic carbocycles. The number of rotatable bonds is 7. The number of carbonyl (C=O) groups excluding carboxylic acids is 1. The van der Waals surface area contributed by atoms with E-state index >= 15 is 4.39 Å². The van der Waals surface area contributed by atoms with Gasteiger partial charge < -0.3 is 20.7 Å². The first-order chi connectivity index (χ1) is 15.3. The van der Waals surface area contributed by atoms with Crippen LogP contribution < -0.4 is 20.7 Å². The maximum absolute atomic E-state index is 15.5. The molecule has 0 spiro atoms. The number of ether oxygens (including phenoxy) is 1. The Morgan fingerprint density at radius 1 is 1.21 bits per heavy atom. The molecule has 0 bridgehead atoms. The number of amides is 1. The van der Waals surface area contributed by atoms with Crippen LogP contribution in [-0.2, 0) is 4.79 Å². The fraction of sp³-hybridized carbons (Fsp3) is 0.560. The first-order valence-electron chi connectivity index (χ1n) is 11.5. The molecule has 3 N–H and O–H groups in total. The van der Waals surface area contributed by atoms with E-state index in [9.17, 15) is 4.79 Å². The van der Waals surface area contributed by atoms with E-state index < -0.39 is 17.8 Å². The van der Waals surface area contributed by atoms with Gasteiger partial charge in [-0.3, -0.25) is 4.79 Å². The Hall–Kier alpha value is -2.90. The zero-order valence-corrected chi connectivity index (χ0v) is 20.5. The largest absolute Gasteiger partial charge is 0.488 e. The average Bonchev–Trinajstić information content (AvgIpc) is 3.17. The van der Waals surface area contributed by atoms with Gasteiger partial charge in [-0.05, 0) is 63.1 Å². The maximum Gasteiger partial charge on any atom is 0.239 e. The third kappa shape index (κ3) is 6.55. The minimum absolute atomic E-state index is 0.00683. The molecule has 180 valence electrons. The molecule has 1 aromatic heterocycles. The van der Waals surface area contributed by atoms with Crippen molar-refractivity contribution in [1.82, 2.24) is 9.97 Å². The Morgan fingerprint density at radius 3 is 2.45 bits per heavy atom. The molecule has 2 unspecified atom stereocenters. The summed E-state index contributed by atoms with van der Waals surface area (Å²) in [6.45, 7) is 12.7. The van der Waals surface area contributed by atoms with Gasteiger partial charge in [0.05, 0.1) is 6.04 Å². The molecule has 2 aromatic rings. The number of nitrogens with zero attached hydrogens (tertiary/aromatic N) is 3. The van der Waals surface area contributed by atoms with Crippen LogP contribution in [-0.4, -0.2) is 34.1 Å². The fourth-order valence-electron chi connectivity index (χ4n) is 4.14. The van der Waals surface area contributed by atoms with Crippen molar-refractivity contribution in [3.63, 3.8) is 0 Å². The molecule has 1 saturated heterocycles. The predicted octanol–water partition coefficient (Wildman–Crippen LogP) is 4.84. The molecule has 1 aliphatic heterocycles. The van der Waals surface area contributed by atoms with Gasteiger partial charge in [0.25, 0.3) is 0 Å². The number of nitrogens with two attached hydrogens (primary N) is 1. The number of anilines is 2. The van der Waals surface area contributed by atoms with Crippen LogP contribution in [0.1, 0.15) is 72.4 Å². The number of aromatic nitrogens is 2. The van der Waals surface area contributed by atoms with Crippen LogP contribution in [0.5, 0.6) is 5.75 Å². The second kappa shape index (κ2) is 9.53. The van der Waals surface area contributed by atoms with E-state index in [-0.39, 0.29) is 28.7 Å². The summed E-state index contributed by atoms with van der Waals surface area (Å²) in [7, 11) is 0. The normalized spacial score (nSPS) is 17.7. The van der Waals surface area contributed by atoms with Gasteiger partial charge in [0.2, 0.25) is 11.7 Å². The molecule has 1 aliphatic rings. The van der Waals surface area contributed by atoms with Gasteiger partial charge in [0, 0.05) is 6.54 Å². The van der Waals surface area contributed by atoms with Crippen LogP contribution in [0.4, 0.5) is 16.0 Å². The number of hydrogen-bond donors (Lipinski definition) is 2. The van der Waals surface area contributed by atoms with E-state index in [4.69, 9.17) is 10.5 Å². The number of hydrogen-bond acceptors (Lipinski definition) is 6. The van der Waals surface area contributed by atoms with Crippen LogP contribution in [0.2, 0.25) is 0 Å². The molecular formula is C25H36FN5O2. The van der Waals surface area contributed by atoms with Crippen molar-refractivity contribution in [2.24, 2.45) is 11.1 Å². The van der Waals surface area contributed by atoms with Gasteiger partial charge in [-0.15, -0.1) is 0 Å². The summed E-state index contributed by atoms with van der Waals surface area (Å²) in [5.41, 5.74) is 6.20. The van der Waals surface area contributed by atoms with E-state index in [2.05, 4.69) is 15.3 Å². The highest BCUT2D eigenvalue weighted by Crippen LogP contribution is 2.38. The lowest BCUT2D eigenvalue weighted by Gasteiger charge is -2.28. The predicted molar refractivity (Wildman–Crippen MR) is 129 cm³/mol. The summed E-state index contributed by atoms with van der Waals surface area (Å²) in [5.74, 6) is -0.0955. The summed E-state index contributed by atoms with van der Waals surface area (Å²) >= 11 is 0. The van der Waals surface area contributed by atoms with Crippen LogP contribution in [0.15, 0.2) is 30.6 Å². The van der Waals surface area contributed by atoms with Gasteiger partial charge in [-0.25, -0.2) is 9.97 Å². The van der Waals surface area contributed by atoms with Crippen LogP contribution in [0.3, 0.4) is 0 Å². The second-order valence-corrected chi connectivity index (χ2v) is 10.9. The van der Waals surface area contributed by atoms with Crippen LogP contribution in [0.25, 0.3) is 0 Å². The van der Waals surface area contributed by atoms with Crippen molar-refractivity contribution in [3.8, 4) is 5.75 Å². The van der Waals surface area contributed by atoms with Crippen molar-refractivity contribution in [2.45, 2.75) is 78.5 Å². The molecule has 2 atom stereocenters. The highest BCUT2D eigenvalue weighted by Gasteiger charge is 2.31. The van der Waals surface area contributed by atoms with Gasteiger partial charge in [-0.2, -0.15) is 4.39 Å². The van der Waals surface area contributed by atoms with Gasteiger partial charge in [-0.1, -0.05) is 32.9 Å². The van der Waals surface area contributed by atoms with Crippen molar-refractivity contribution < 1.29 is 13.9 Å². The number of halogens is 1. The molecule has 7 nitrogen and oxygen atoms in total. The van der Waals surface area contributed by atoms with E-state index in [1.165, 1.54) is 6.33 Å². The van der Waals surface area contributed by atoms with Crippen molar-refractivity contribution >= 4 is 17.5 Å². The van der Waals surface area contributed by atoms with E-state index in [0.717, 1.165) is 24.2 Å². The topological polar surface area (TPSA) is 93.4 Å². The summed E-state index contributed by atoms with van der Waals surface area (Å²) in [6.07, 6.45) is 3.59. The van der Waals surface area contributed by atoms with Crippen LogP contribution >= 0.6 is 0 Å². The number of carbonyl (C=O) groups is 1. The Balaban J connectivity index is 1.83. The molecule has 3 rings (SSSR count). The highest BCUT2D eigenvalue weighted by atomic mass is 19.1. The summed E-state index contributed by atoms with van der Waals surface area (Å²) in [4.78, 5) is 22.2. The third-order valence-electron chi connectivity index (χ3n) is 5.46. The SMILES string of the molecule is CC(C)(C)CC(Nc1ncnc(N2CCCC2c2ccc(OC(C)(C)C)cc2)c1F)C(N)=O. The second-order valence-electron chi connectivity index (χ2n) is 10.9. The van der Waals surface area contributed by atoms with Crippen LogP contribution in [0, 0.1) is 11.2 Å². The number of primary amides is 1. The molecular weight excluding hydrogens is 421 g/mol. The Morgan fingerprint density at radius 2 is 1.88 bits per heavy atom. The lowest BCUT2D eigenvalue weighted by atomic mass is 9.88. The van der Waals surface area contributed by atoms with Crippen molar-refractivity contribution in [2.75, 3.05) is 16.8 Å². The number of nitrogens with one attached hydrogen (secondary N) is 1. The summed E-state index contributed by atoms with van der Waals surface area (Å²) < 4.78 is 21.4. The van der Waals surface area contributed by atoms with E-state index in [1.54, 1.807) is 0 Å². The first-order valence-corrected chi connectivity index (χ1v) is 11.5. The number of benzene rings is 1. The lowest BCUT2D eigenvalue weighted by molar-refractivity contribution is -0.119. The zero-order valence-electron chi connectivity index (χ0n) is 20.5. The Labute approximate surface area is 195 Å². The van der Waals surface area contributed by atoms with E-state index in [0.29, 0.717) is 13.0 Å². The molecule has 2 heterocycles. The molecule has 1 aromatic carbocycles. The van der Waals surface area contributed by atoms with Crippen molar-refractivity contribution in [3.05, 3.63) is 42.0 Å². The fourth-order valence-corrected chi connectivity index (χ4v) is 4.14. The van der Waals surface area contributed by atoms with Gasteiger partial charge >= 0.3 is 0 Å². The lowest BCUT2D eigenvalue weighted by Crippen LogP contribution is -2.39. The molecule has 33 heavy (non-hydrogen) atoms.